The minimum Gasteiger partial charge on any atom is -0.497 e. The second-order valence-electron chi connectivity index (χ2n) is 3.93. The van der Waals surface area contributed by atoms with E-state index in [1.807, 2.05) is 0 Å². The van der Waals surface area contributed by atoms with Crippen molar-refractivity contribution in [3.8, 4) is 11.5 Å². The van der Waals surface area contributed by atoms with Crippen molar-refractivity contribution in [3.63, 3.8) is 0 Å². The highest BCUT2D eigenvalue weighted by Crippen LogP contribution is 2.29. The smallest absolute Gasteiger partial charge is 0.146 e. The van der Waals surface area contributed by atoms with E-state index in [1.54, 1.807) is 43.5 Å². The van der Waals surface area contributed by atoms with Gasteiger partial charge in [-0.1, -0.05) is 23.2 Å². The van der Waals surface area contributed by atoms with Crippen LogP contribution >= 0.6 is 23.2 Å². The molecule has 0 unspecified atom stereocenters. The van der Waals surface area contributed by atoms with Gasteiger partial charge in [-0.2, -0.15) is 0 Å². The molecule has 0 fully saturated rings. The summed E-state index contributed by atoms with van der Waals surface area (Å²) in [6.45, 7) is 0.288. The Hall–Kier alpha value is -1.58. The molecule has 0 atom stereocenters. The molecule has 19 heavy (non-hydrogen) atoms. The predicted molar refractivity (Wildman–Crippen MR) is 78.2 cm³/mol. The van der Waals surface area contributed by atoms with Crippen LogP contribution in [0.3, 0.4) is 0 Å². The molecule has 3 nitrogen and oxygen atoms in total. The summed E-state index contributed by atoms with van der Waals surface area (Å²) >= 11 is 12.0. The van der Waals surface area contributed by atoms with Crippen LogP contribution in [-0.4, -0.2) is 7.11 Å². The quantitative estimate of drug-likeness (QED) is 0.862. The SMILES string of the molecule is COc1ccc(N)c(OCc2cc(Cl)ccc2Cl)c1. The summed E-state index contributed by atoms with van der Waals surface area (Å²) in [6, 6.07) is 10.5. The maximum absolute atomic E-state index is 6.07. The van der Waals surface area contributed by atoms with Crippen LogP contribution in [-0.2, 0) is 6.61 Å². The number of benzene rings is 2. The molecular formula is C14H13Cl2NO2. The van der Waals surface area contributed by atoms with Crippen molar-refractivity contribution in [1.29, 1.82) is 0 Å². The highest BCUT2D eigenvalue weighted by atomic mass is 35.5. The molecule has 0 aromatic heterocycles. The van der Waals surface area contributed by atoms with Crippen LogP contribution in [0.5, 0.6) is 11.5 Å². The van der Waals surface area contributed by atoms with Gasteiger partial charge in [-0.25, -0.2) is 0 Å². The molecule has 2 N–H and O–H groups in total. The number of halogens is 2. The second kappa shape index (κ2) is 6.04. The molecule has 0 aliphatic rings. The lowest BCUT2D eigenvalue weighted by Crippen LogP contribution is -2.00. The normalized spacial score (nSPS) is 10.3. The maximum atomic E-state index is 6.07. The fraction of sp³-hybridized carbons (Fsp3) is 0.143. The molecule has 2 aromatic carbocycles. The lowest BCUT2D eigenvalue weighted by Gasteiger charge is -2.11. The maximum Gasteiger partial charge on any atom is 0.146 e. The Morgan fingerprint density at radius 2 is 1.89 bits per heavy atom. The number of rotatable bonds is 4. The zero-order chi connectivity index (χ0) is 13.8. The first-order chi connectivity index (χ1) is 9.10. The molecule has 0 bridgehead atoms. The summed E-state index contributed by atoms with van der Waals surface area (Å²) in [5.41, 5.74) is 7.18. The first-order valence-electron chi connectivity index (χ1n) is 5.60. The topological polar surface area (TPSA) is 44.5 Å². The Labute approximate surface area is 121 Å². The number of hydrogen-bond donors (Lipinski definition) is 1. The zero-order valence-electron chi connectivity index (χ0n) is 10.3. The Balaban J connectivity index is 2.16. The van der Waals surface area contributed by atoms with E-state index in [0.29, 0.717) is 27.2 Å². The van der Waals surface area contributed by atoms with Crippen LogP contribution in [0.15, 0.2) is 36.4 Å². The zero-order valence-corrected chi connectivity index (χ0v) is 11.8. The van der Waals surface area contributed by atoms with E-state index in [9.17, 15) is 0 Å². The van der Waals surface area contributed by atoms with Gasteiger partial charge in [-0.3, -0.25) is 0 Å². The van der Waals surface area contributed by atoms with Gasteiger partial charge in [-0.05, 0) is 30.3 Å². The summed E-state index contributed by atoms with van der Waals surface area (Å²) < 4.78 is 10.8. The van der Waals surface area contributed by atoms with E-state index in [0.717, 1.165) is 5.56 Å². The summed E-state index contributed by atoms with van der Waals surface area (Å²) in [5.74, 6) is 1.23. The van der Waals surface area contributed by atoms with Crippen molar-refractivity contribution in [3.05, 3.63) is 52.0 Å². The number of nitrogen functional groups attached to an aromatic ring is 1. The first kappa shape index (κ1) is 13.8. The van der Waals surface area contributed by atoms with Gasteiger partial charge in [0.25, 0.3) is 0 Å². The lowest BCUT2D eigenvalue weighted by molar-refractivity contribution is 0.305. The van der Waals surface area contributed by atoms with E-state index in [1.165, 1.54) is 0 Å². The fourth-order valence-corrected chi connectivity index (χ4v) is 1.94. The highest BCUT2D eigenvalue weighted by molar-refractivity contribution is 6.33. The molecular weight excluding hydrogens is 285 g/mol. The summed E-state index contributed by atoms with van der Waals surface area (Å²) in [6.07, 6.45) is 0. The monoisotopic (exact) mass is 297 g/mol. The number of methoxy groups -OCH3 is 1. The second-order valence-corrected chi connectivity index (χ2v) is 4.77. The minimum atomic E-state index is 0.288. The van der Waals surface area contributed by atoms with Crippen LogP contribution in [0.4, 0.5) is 5.69 Å². The van der Waals surface area contributed by atoms with Crippen molar-refractivity contribution in [1.82, 2.24) is 0 Å². The molecule has 0 radical (unpaired) electrons. The average Bonchev–Trinajstić information content (AvgIpc) is 2.41. The minimum absolute atomic E-state index is 0.288. The van der Waals surface area contributed by atoms with E-state index in [4.69, 9.17) is 38.4 Å². The molecule has 0 aliphatic carbocycles. The van der Waals surface area contributed by atoms with E-state index in [2.05, 4.69) is 0 Å². The molecule has 100 valence electrons. The number of anilines is 1. The van der Waals surface area contributed by atoms with E-state index < -0.39 is 0 Å². The van der Waals surface area contributed by atoms with Crippen LogP contribution < -0.4 is 15.2 Å². The molecule has 5 heteroatoms. The standard InChI is InChI=1S/C14H13Cl2NO2/c1-18-11-3-5-13(17)14(7-11)19-8-9-6-10(15)2-4-12(9)16/h2-7H,8,17H2,1H3. The Morgan fingerprint density at radius 1 is 1.11 bits per heavy atom. The molecule has 0 aliphatic heterocycles. The Bertz CT molecular complexity index is 588. The van der Waals surface area contributed by atoms with Gasteiger partial charge in [-0.15, -0.1) is 0 Å². The van der Waals surface area contributed by atoms with Crippen molar-refractivity contribution in [2.45, 2.75) is 6.61 Å². The largest absolute Gasteiger partial charge is 0.497 e. The average molecular weight is 298 g/mol. The van der Waals surface area contributed by atoms with Gasteiger partial charge < -0.3 is 15.2 Å². The van der Waals surface area contributed by atoms with Crippen LogP contribution in [0.1, 0.15) is 5.56 Å². The lowest BCUT2D eigenvalue weighted by atomic mass is 10.2. The molecule has 0 saturated heterocycles. The van der Waals surface area contributed by atoms with Crippen LogP contribution in [0.2, 0.25) is 10.0 Å². The third-order valence-corrected chi connectivity index (χ3v) is 3.22. The Morgan fingerprint density at radius 3 is 2.63 bits per heavy atom. The summed E-state index contributed by atoms with van der Waals surface area (Å²) in [7, 11) is 1.59. The molecule has 0 heterocycles. The summed E-state index contributed by atoms with van der Waals surface area (Å²) in [5, 5.41) is 1.22. The predicted octanol–water partition coefficient (Wildman–Crippen LogP) is 4.16. The van der Waals surface area contributed by atoms with Crippen LogP contribution in [0.25, 0.3) is 0 Å². The third-order valence-electron chi connectivity index (χ3n) is 2.61. The van der Waals surface area contributed by atoms with Gasteiger partial charge in [0.1, 0.15) is 18.1 Å². The van der Waals surface area contributed by atoms with E-state index >= 15 is 0 Å². The van der Waals surface area contributed by atoms with Crippen molar-refractivity contribution >= 4 is 28.9 Å². The molecule has 0 amide bonds. The van der Waals surface area contributed by atoms with Crippen molar-refractivity contribution < 1.29 is 9.47 Å². The third kappa shape index (κ3) is 3.46. The van der Waals surface area contributed by atoms with Crippen LogP contribution in [0, 0.1) is 0 Å². The van der Waals surface area contributed by atoms with Gasteiger partial charge in [0.2, 0.25) is 0 Å². The van der Waals surface area contributed by atoms with Crippen molar-refractivity contribution in [2.24, 2.45) is 0 Å². The fourth-order valence-electron chi connectivity index (χ4n) is 1.58. The van der Waals surface area contributed by atoms with Gasteiger partial charge >= 0.3 is 0 Å². The molecule has 0 spiro atoms. The molecule has 0 saturated carbocycles. The number of nitrogens with two attached hydrogens (primary N) is 1. The number of hydrogen-bond acceptors (Lipinski definition) is 3. The van der Waals surface area contributed by atoms with Crippen molar-refractivity contribution in [2.75, 3.05) is 12.8 Å². The molecule has 2 rings (SSSR count). The number of ether oxygens (including phenoxy) is 2. The summed E-state index contributed by atoms with van der Waals surface area (Å²) in [4.78, 5) is 0. The first-order valence-corrected chi connectivity index (χ1v) is 6.36. The van der Waals surface area contributed by atoms with Gasteiger partial charge in [0, 0.05) is 21.7 Å². The highest BCUT2D eigenvalue weighted by Gasteiger charge is 2.06. The van der Waals surface area contributed by atoms with Gasteiger partial charge in [0.05, 0.1) is 12.8 Å². The molecule has 2 aromatic rings. The Kier molecular flexibility index (Phi) is 4.40. The van der Waals surface area contributed by atoms with Gasteiger partial charge in [0.15, 0.2) is 0 Å². The van der Waals surface area contributed by atoms with E-state index in [-0.39, 0.29) is 6.61 Å².